The van der Waals surface area contributed by atoms with Crippen LogP contribution in [0.15, 0.2) is 0 Å². The first-order chi connectivity index (χ1) is 5.16. The summed E-state index contributed by atoms with van der Waals surface area (Å²) >= 11 is 0. The van der Waals surface area contributed by atoms with Gasteiger partial charge in [-0.25, -0.2) is 0 Å². The Balaban J connectivity index is 4.26. The Morgan fingerprint density at radius 1 is 1.09 bits per heavy atom. The Labute approximate surface area is 67.8 Å². The quantitative estimate of drug-likeness (QED) is 0.587. The maximum absolute atomic E-state index is 5.08. The van der Waals surface area contributed by atoms with Crippen LogP contribution >= 0.6 is 0 Å². The van der Waals surface area contributed by atoms with Crippen molar-refractivity contribution in [3.63, 3.8) is 0 Å². The predicted molar refractivity (Wildman–Crippen MR) is 42.3 cm³/mol. The van der Waals surface area contributed by atoms with E-state index in [1.807, 2.05) is 14.0 Å². The number of ether oxygens (including phenoxy) is 3. The molecular weight excluding hydrogens is 146 g/mol. The molecule has 4 nitrogen and oxygen atoms in total. The Kier molecular flexibility index (Phi) is 4.60. The molecule has 1 unspecified atom stereocenters. The number of likely N-dealkylation sites (N-methyl/N-ethyl adjacent to an activating group) is 1. The molecule has 0 bridgehead atoms. The molecule has 0 rings (SSSR count). The van der Waals surface area contributed by atoms with Crippen LogP contribution in [0.2, 0.25) is 0 Å². The lowest BCUT2D eigenvalue weighted by Crippen LogP contribution is -2.52. The van der Waals surface area contributed by atoms with E-state index >= 15 is 0 Å². The van der Waals surface area contributed by atoms with Gasteiger partial charge in [-0.05, 0) is 14.0 Å². The maximum Gasteiger partial charge on any atom is 0.298 e. The van der Waals surface area contributed by atoms with Gasteiger partial charge in [0.05, 0.1) is 6.04 Å². The van der Waals surface area contributed by atoms with Crippen molar-refractivity contribution in [3.05, 3.63) is 0 Å². The van der Waals surface area contributed by atoms with Crippen LogP contribution in [-0.4, -0.2) is 40.4 Å². The molecule has 0 aromatic rings. The number of hydrogen-bond acceptors (Lipinski definition) is 4. The fraction of sp³-hybridized carbons (Fsp3) is 1.00. The van der Waals surface area contributed by atoms with Crippen molar-refractivity contribution in [1.82, 2.24) is 5.32 Å². The van der Waals surface area contributed by atoms with Crippen LogP contribution in [0.4, 0.5) is 0 Å². The van der Waals surface area contributed by atoms with Crippen molar-refractivity contribution in [3.8, 4) is 0 Å². The third-order valence-electron chi connectivity index (χ3n) is 1.82. The Morgan fingerprint density at radius 2 is 1.45 bits per heavy atom. The summed E-state index contributed by atoms with van der Waals surface area (Å²) < 4.78 is 15.2. The van der Waals surface area contributed by atoms with Gasteiger partial charge in [0.25, 0.3) is 5.97 Å². The van der Waals surface area contributed by atoms with Crippen LogP contribution in [0.1, 0.15) is 6.92 Å². The lowest BCUT2D eigenvalue weighted by atomic mass is 10.3. The number of hydrogen-bond donors (Lipinski definition) is 1. The number of methoxy groups -OCH3 is 3. The van der Waals surface area contributed by atoms with Crippen LogP contribution in [0.5, 0.6) is 0 Å². The first kappa shape index (κ1) is 10.8. The highest BCUT2D eigenvalue weighted by Crippen LogP contribution is 2.16. The van der Waals surface area contributed by atoms with E-state index in [1.165, 1.54) is 0 Å². The maximum atomic E-state index is 5.08. The molecule has 0 aromatic carbocycles. The van der Waals surface area contributed by atoms with Crippen molar-refractivity contribution in [1.29, 1.82) is 0 Å². The van der Waals surface area contributed by atoms with Gasteiger partial charge in [-0.15, -0.1) is 0 Å². The number of nitrogens with one attached hydrogen (secondary N) is 1. The molecule has 0 aliphatic rings. The summed E-state index contributed by atoms with van der Waals surface area (Å²) in [4.78, 5) is 0. The van der Waals surface area contributed by atoms with E-state index in [0.717, 1.165) is 0 Å². The van der Waals surface area contributed by atoms with E-state index in [1.54, 1.807) is 21.3 Å². The molecule has 0 amide bonds. The Bertz CT molecular complexity index is 95.6. The van der Waals surface area contributed by atoms with Crippen molar-refractivity contribution in [2.75, 3.05) is 28.4 Å². The lowest BCUT2D eigenvalue weighted by molar-refractivity contribution is -0.363. The first-order valence-electron chi connectivity index (χ1n) is 3.49. The van der Waals surface area contributed by atoms with Gasteiger partial charge in [0, 0.05) is 21.3 Å². The molecule has 0 aliphatic carbocycles. The van der Waals surface area contributed by atoms with Crippen molar-refractivity contribution in [2.45, 2.75) is 18.9 Å². The molecule has 4 heteroatoms. The Hall–Kier alpha value is -0.160. The molecule has 0 radical (unpaired) electrons. The highest BCUT2D eigenvalue weighted by Gasteiger charge is 2.35. The molecule has 0 heterocycles. The SMILES string of the molecule is CNC(C)C(OC)(OC)OC. The second-order valence-corrected chi connectivity index (χ2v) is 2.23. The van der Waals surface area contributed by atoms with Crippen LogP contribution in [0.3, 0.4) is 0 Å². The standard InChI is InChI=1S/C7H17NO3/c1-6(8-2)7(9-3,10-4)11-5/h6,8H,1-5H3. The third-order valence-corrected chi connectivity index (χ3v) is 1.82. The third kappa shape index (κ3) is 2.13. The van der Waals surface area contributed by atoms with Gasteiger partial charge in [0.2, 0.25) is 0 Å². The molecule has 0 aliphatic heterocycles. The van der Waals surface area contributed by atoms with Crippen LogP contribution in [-0.2, 0) is 14.2 Å². The summed E-state index contributed by atoms with van der Waals surface area (Å²) in [5.74, 6) is -0.977. The van der Waals surface area contributed by atoms with Gasteiger partial charge in [-0.2, -0.15) is 0 Å². The Morgan fingerprint density at radius 3 is 1.55 bits per heavy atom. The van der Waals surface area contributed by atoms with Crippen LogP contribution in [0.25, 0.3) is 0 Å². The van der Waals surface area contributed by atoms with Crippen LogP contribution < -0.4 is 5.32 Å². The first-order valence-corrected chi connectivity index (χ1v) is 3.49. The van der Waals surface area contributed by atoms with Gasteiger partial charge in [0.1, 0.15) is 0 Å². The van der Waals surface area contributed by atoms with Crippen molar-refractivity contribution in [2.24, 2.45) is 0 Å². The smallest absolute Gasteiger partial charge is 0.298 e. The van der Waals surface area contributed by atoms with Crippen molar-refractivity contribution >= 4 is 0 Å². The summed E-state index contributed by atoms with van der Waals surface area (Å²) in [6.45, 7) is 1.91. The summed E-state index contributed by atoms with van der Waals surface area (Å²) in [6.07, 6.45) is 0. The zero-order chi connectivity index (χ0) is 8.91. The van der Waals surface area contributed by atoms with E-state index in [9.17, 15) is 0 Å². The normalized spacial score (nSPS) is 15.0. The summed E-state index contributed by atoms with van der Waals surface area (Å²) in [7, 11) is 6.44. The fourth-order valence-electron chi connectivity index (χ4n) is 0.957. The monoisotopic (exact) mass is 163 g/mol. The zero-order valence-corrected chi connectivity index (χ0v) is 7.80. The predicted octanol–water partition coefficient (Wildman–Crippen LogP) is 0.187. The fourth-order valence-corrected chi connectivity index (χ4v) is 0.957. The molecule has 0 fully saturated rings. The molecule has 0 aromatic heterocycles. The molecule has 0 saturated heterocycles. The van der Waals surface area contributed by atoms with E-state index in [4.69, 9.17) is 14.2 Å². The van der Waals surface area contributed by atoms with Crippen molar-refractivity contribution < 1.29 is 14.2 Å². The largest absolute Gasteiger partial charge is 0.330 e. The lowest BCUT2D eigenvalue weighted by Gasteiger charge is -2.33. The molecule has 0 spiro atoms. The second-order valence-electron chi connectivity index (χ2n) is 2.23. The molecule has 1 atom stereocenters. The van der Waals surface area contributed by atoms with Gasteiger partial charge < -0.3 is 19.5 Å². The minimum Gasteiger partial charge on any atom is -0.330 e. The summed E-state index contributed by atoms with van der Waals surface area (Å²) in [6, 6.07) is -0.0255. The zero-order valence-electron chi connectivity index (χ0n) is 7.80. The highest BCUT2D eigenvalue weighted by molar-refractivity contribution is 4.70. The van der Waals surface area contributed by atoms with Gasteiger partial charge >= 0.3 is 0 Å². The van der Waals surface area contributed by atoms with E-state index < -0.39 is 5.97 Å². The molecule has 1 N–H and O–H groups in total. The summed E-state index contributed by atoms with van der Waals surface area (Å²) in [5.41, 5.74) is 0. The topological polar surface area (TPSA) is 39.7 Å². The van der Waals surface area contributed by atoms with Gasteiger partial charge in [-0.3, -0.25) is 0 Å². The molecule has 0 saturated carbocycles. The van der Waals surface area contributed by atoms with E-state index in [0.29, 0.717) is 0 Å². The van der Waals surface area contributed by atoms with Crippen LogP contribution in [0, 0.1) is 0 Å². The molecule has 11 heavy (non-hydrogen) atoms. The van der Waals surface area contributed by atoms with E-state index in [2.05, 4.69) is 5.32 Å². The highest BCUT2D eigenvalue weighted by atomic mass is 16.9. The average Bonchev–Trinajstić information content (AvgIpc) is 2.08. The minimum atomic E-state index is -0.977. The molecular formula is C7H17NO3. The summed E-state index contributed by atoms with van der Waals surface area (Å²) in [5, 5.41) is 2.98. The molecule has 68 valence electrons. The van der Waals surface area contributed by atoms with E-state index in [-0.39, 0.29) is 6.04 Å². The van der Waals surface area contributed by atoms with Gasteiger partial charge in [-0.1, -0.05) is 0 Å². The minimum absolute atomic E-state index is 0.0255. The number of rotatable bonds is 5. The van der Waals surface area contributed by atoms with Gasteiger partial charge in [0.15, 0.2) is 0 Å². The second kappa shape index (κ2) is 4.66. The average molecular weight is 163 g/mol.